The van der Waals surface area contributed by atoms with Crippen LogP contribution >= 0.6 is 0 Å². The van der Waals surface area contributed by atoms with Crippen molar-refractivity contribution < 1.29 is 17.8 Å². The molecule has 4 N–H and O–H groups in total. The van der Waals surface area contributed by atoms with E-state index in [1.54, 1.807) is 0 Å². The zero-order valence-corrected chi connectivity index (χ0v) is 14.9. The van der Waals surface area contributed by atoms with Gasteiger partial charge in [-0.05, 0) is 24.3 Å². The highest BCUT2D eigenvalue weighted by Crippen LogP contribution is 2.14. The van der Waals surface area contributed by atoms with E-state index in [0.717, 1.165) is 44.9 Å². The van der Waals surface area contributed by atoms with Gasteiger partial charge in [0.2, 0.25) is 0 Å². The molecule has 0 aliphatic carbocycles. The summed E-state index contributed by atoms with van der Waals surface area (Å²) in [6.45, 7) is 5.28. The van der Waals surface area contributed by atoms with Gasteiger partial charge in [-0.1, -0.05) is 0 Å². The van der Waals surface area contributed by atoms with Crippen LogP contribution in [-0.4, -0.2) is 63.0 Å². The third kappa shape index (κ3) is 6.12. The largest absolute Gasteiger partial charge is 0.388 e. The lowest BCUT2D eigenvalue weighted by Crippen LogP contribution is -2.45. The summed E-state index contributed by atoms with van der Waals surface area (Å²) in [6.07, 6.45) is 1.37. The Kier molecular flexibility index (Phi) is 7.11. The van der Waals surface area contributed by atoms with Gasteiger partial charge in [-0.25, -0.2) is 0 Å². The van der Waals surface area contributed by atoms with E-state index in [9.17, 15) is 13.2 Å². The highest BCUT2D eigenvalue weighted by Gasteiger charge is 2.12. The molecule has 26 heavy (non-hydrogen) atoms. The van der Waals surface area contributed by atoms with Gasteiger partial charge in [0.15, 0.2) is 0 Å². The summed E-state index contributed by atoms with van der Waals surface area (Å²) in [5.74, 6) is -0.609. The second-order valence-corrected chi connectivity index (χ2v) is 7.09. The molecule has 140 valence electrons. The first-order chi connectivity index (χ1) is 12.4. The van der Waals surface area contributed by atoms with Crippen molar-refractivity contribution >= 4 is 21.7 Å². The van der Waals surface area contributed by atoms with Gasteiger partial charge in [-0.15, -0.1) is 0 Å². The predicted molar refractivity (Wildman–Crippen MR) is 95.9 cm³/mol. The molecule has 0 spiro atoms. The number of carbonyl (C=O) groups excluding carboxylic acids is 1. The summed E-state index contributed by atoms with van der Waals surface area (Å²) in [6, 6.07) is 6.80. The van der Waals surface area contributed by atoms with Gasteiger partial charge in [-0.3, -0.25) is 14.2 Å². The second-order valence-electron chi connectivity index (χ2n) is 5.67. The van der Waals surface area contributed by atoms with Crippen LogP contribution in [0.4, 0.5) is 5.69 Å². The maximum absolute atomic E-state index is 12.1. The van der Waals surface area contributed by atoms with E-state index < -0.39 is 16.0 Å². The minimum absolute atomic E-state index is 0.0934. The molecule has 9 nitrogen and oxygen atoms in total. The van der Waals surface area contributed by atoms with Crippen LogP contribution in [0.25, 0.3) is 0 Å². The monoisotopic (exact) mass is 379 g/mol. The van der Waals surface area contributed by atoms with Crippen LogP contribution < -0.4 is 16.0 Å². The fourth-order valence-electron chi connectivity index (χ4n) is 2.39. The number of anilines is 1. The molecule has 0 saturated carbocycles. The number of nitriles is 1. The minimum atomic E-state index is -4.29. The zero-order valence-electron chi connectivity index (χ0n) is 14.1. The Balaban J connectivity index is 1.86. The van der Waals surface area contributed by atoms with Crippen molar-refractivity contribution in [3.05, 3.63) is 36.0 Å². The fraction of sp³-hybridized carbons (Fsp3) is 0.375. The first-order valence-electron chi connectivity index (χ1n) is 8.06. The zero-order chi connectivity index (χ0) is 19.0. The molecule has 1 aromatic carbocycles. The quantitative estimate of drug-likeness (QED) is 0.221. The van der Waals surface area contributed by atoms with Crippen LogP contribution in [0.2, 0.25) is 0 Å². The lowest BCUT2D eigenvalue weighted by atomic mass is 10.2. The molecular formula is C16H21N5O4S. The van der Waals surface area contributed by atoms with Crippen LogP contribution in [0.1, 0.15) is 0 Å². The Morgan fingerprint density at radius 3 is 2.54 bits per heavy atom. The van der Waals surface area contributed by atoms with E-state index in [2.05, 4.69) is 20.9 Å². The Morgan fingerprint density at radius 2 is 1.96 bits per heavy atom. The van der Waals surface area contributed by atoms with Crippen molar-refractivity contribution in [3.8, 4) is 6.07 Å². The number of carbonyl (C=O) groups is 1. The number of amides is 1. The molecule has 1 aliphatic rings. The van der Waals surface area contributed by atoms with Gasteiger partial charge in [0.1, 0.15) is 11.6 Å². The molecule has 1 amide bonds. The molecule has 1 saturated heterocycles. The molecule has 10 heteroatoms. The molecule has 0 bridgehead atoms. The topological polar surface area (TPSA) is 135 Å². The molecule has 1 heterocycles. The standard InChI is InChI=1S/C16H21N5O4S/c17-11-13(12-19-7-10-21-8-5-18-6-9-21)16(22)20-14-1-3-15(4-2-14)26(23,24)25/h1-4,12,18-19H,5-10H2,(H,20,22)(H,23,24,25)/b13-12-. The van der Waals surface area contributed by atoms with Gasteiger partial charge in [0.25, 0.3) is 16.0 Å². The summed E-state index contributed by atoms with van der Waals surface area (Å²) >= 11 is 0. The average Bonchev–Trinajstić information content (AvgIpc) is 2.62. The molecule has 2 rings (SSSR count). The third-order valence-corrected chi connectivity index (χ3v) is 4.67. The summed E-state index contributed by atoms with van der Waals surface area (Å²) < 4.78 is 30.9. The number of hydrogen-bond donors (Lipinski definition) is 4. The van der Waals surface area contributed by atoms with Gasteiger partial charge in [0, 0.05) is 51.2 Å². The average molecular weight is 379 g/mol. The predicted octanol–water partition coefficient (Wildman–Crippen LogP) is -0.226. The van der Waals surface area contributed by atoms with Crippen molar-refractivity contribution in [2.75, 3.05) is 44.6 Å². The summed E-state index contributed by atoms with van der Waals surface area (Å²) in [7, 11) is -4.29. The molecule has 0 unspecified atom stereocenters. The van der Waals surface area contributed by atoms with E-state index in [1.807, 2.05) is 6.07 Å². The summed E-state index contributed by atoms with van der Waals surface area (Å²) in [4.78, 5) is 14.1. The van der Waals surface area contributed by atoms with Crippen LogP contribution in [0, 0.1) is 11.3 Å². The van der Waals surface area contributed by atoms with Gasteiger partial charge in [0.05, 0.1) is 4.90 Å². The SMILES string of the molecule is N#C/C(=C/NCCN1CCNCC1)C(=O)Nc1ccc(S(=O)(=O)O)cc1. The van der Waals surface area contributed by atoms with Crippen LogP contribution in [0.3, 0.4) is 0 Å². The molecule has 1 fully saturated rings. The molecular weight excluding hydrogens is 358 g/mol. The smallest absolute Gasteiger partial charge is 0.294 e. The first-order valence-corrected chi connectivity index (χ1v) is 9.50. The van der Waals surface area contributed by atoms with Crippen molar-refractivity contribution in [2.24, 2.45) is 0 Å². The maximum atomic E-state index is 12.1. The van der Waals surface area contributed by atoms with E-state index in [0.29, 0.717) is 12.2 Å². The fourth-order valence-corrected chi connectivity index (χ4v) is 2.87. The lowest BCUT2D eigenvalue weighted by molar-refractivity contribution is -0.112. The van der Waals surface area contributed by atoms with Crippen LogP contribution in [-0.2, 0) is 14.9 Å². The number of rotatable bonds is 7. The first kappa shape index (κ1) is 19.9. The molecule has 0 radical (unpaired) electrons. The van der Waals surface area contributed by atoms with E-state index in [4.69, 9.17) is 9.81 Å². The van der Waals surface area contributed by atoms with Gasteiger partial charge >= 0.3 is 0 Å². The molecule has 0 atom stereocenters. The lowest BCUT2D eigenvalue weighted by Gasteiger charge is -2.26. The number of nitrogens with zero attached hydrogens (tertiary/aromatic N) is 2. The van der Waals surface area contributed by atoms with Crippen molar-refractivity contribution in [2.45, 2.75) is 4.90 Å². The van der Waals surface area contributed by atoms with Crippen molar-refractivity contribution in [3.63, 3.8) is 0 Å². The van der Waals surface area contributed by atoms with Crippen LogP contribution in [0.15, 0.2) is 40.9 Å². The summed E-state index contributed by atoms with van der Waals surface area (Å²) in [5.41, 5.74) is 0.216. The van der Waals surface area contributed by atoms with Crippen LogP contribution in [0.5, 0.6) is 0 Å². The number of piperazine rings is 1. The van der Waals surface area contributed by atoms with Gasteiger partial charge in [-0.2, -0.15) is 13.7 Å². The Labute approximate surface area is 152 Å². The van der Waals surface area contributed by atoms with E-state index >= 15 is 0 Å². The highest BCUT2D eigenvalue weighted by molar-refractivity contribution is 7.85. The minimum Gasteiger partial charge on any atom is -0.388 e. The van der Waals surface area contributed by atoms with Gasteiger partial charge < -0.3 is 16.0 Å². The Bertz CT molecular complexity index is 793. The second kappa shape index (κ2) is 9.30. The Morgan fingerprint density at radius 1 is 1.31 bits per heavy atom. The maximum Gasteiger partial charge on any atom is 0.294 e. The molecule has 0 aromatic heterocycles. The highest BCUT2D eigenvalue weighted by atomic mass is 32.2. The molecule has 1 aliphatic heterocycles. The van der Waals surface area contributed by atoms with Crippen molar-refractivity contribution in [1.82, 2.24) is 15.5 Å². The Hall–Kier alpha value is -2.45. The number of hydrogen-bond acceptors (Lipinski definition) is 7. The molecule has 1 aromatic rings. The van der Waals surface area contributed by atoms with E-state index in [1.165, 1.54) is 18.3 Å². The normalized spacial score (nSPS) is 15.9. The summed E-state index contributed by atoms with van der Waals surface area (Å²) in [5, 5.41) is 17.8. The van der Waals surface area contributed by atoms with E-state index in [-0.39, 0.29) is 10.5 Å². The van der Waals surface area contributed by atoms with Crippen molar-refractivity contribution in [1.29, 1.82) is 5.26 Å². The number of benzene rings is 1. The third-order valence-electron chi connectivity index (χ3n) is 3.80. The number of nitrogens with one attached hydrogen (secondary N) is 3.